The second-order valence-corrected chi connectivity index (χ2v) is 11.5. The molecule has 3 aromatic rings. The van der Waals surface area contributed by atoms with Crippen LogP contribution in [0.15, 0.2) is 41.5 Å². The third-order valence-corrected chi connectivity index (χ3v) is 7.61. The number of nitrogens with one attached hydrogen (secondary N) is 2. The first-order valence-corrected chi connectivity index (χ1v) is 14.4. The molecular formula is C30H41N7O5S. The first-order valence-electron chi connectivity index (χ1n) is 14.4. The van der Waals surface area contributed by atoms with Crippen molar-refractivity contribution in [1.29, 1.82) is 0 Å². The number of carbonyl (C=O) groups excluding carboxylic acids is 2. The molecule has 0 bridgehead atoms. The van der Waals surface area contributed by atoms with Gasteiger partial charge < -0.3 is 29.8 Å². The van der Waals surface area contributed by atoms with Crippen molar-refractivity contribution < 1.29 is 23.8 Å². The molecule has 43 heavy (non-hydrogen) atoms. The largest absolute Gasteiger partial charge is 0.485 e. The molecule has 0 radical (unpaired) electrons. The number of aliphatic hydroxyl groups is 1. The van der Waals surface area contributed by atoms with Crippen molar-refractivity contribution in [2.45, 2.75) is 58.9 Å². The van der Waals surface area contributed by atoms with Crippen LogP contribution in [0.5, 0.6) is 5.75 Å². The van der Waals surface area contributed by atoms with Crippen LogP contribution in [0.2, 0.25) is 0 Å². The van der Waals surface area contributed by atoms with E-state index in [1.807, 2.05) is 24.8 Å². The van der Waals surface area contributed by atoms with E-state index in [-0.39, 0.29) is 43.6 Å². The number of nitrogens with zero attached hydrogens (tertiary/aromatic N) is 5. The van der Waals surface area contributed by atoms with Gasteiger partial charge in [-0.1, -0.05) is 19.9 Å². The number of carbonyl (C=O) groups is 2. The zero-order valence-electron chi connectivity index (χ0n) is 24.9. The van der Waals surface area contributed by atoms with Crippen molar-refractivity contribution in [2.75, 3.05) is 38.0 Å². The molecule has 0 unspecified atom stereocenters. The Kier molecular flexibility index (Phi) is 11.0. The molecule has 5 rings (SSSR count). The highest BCUT2D eigenvalue weighted by molar-refractivity contribution is 7.59. The summed E-state index contributed by atoms with van der Waals surface area (Å²) in [6, 6.07) is 5.73. The minimum Gasteiger partial charge on any atom is -0.485 e. The second-order valence-electron chi connectivity index (χ2n) is 11.5. The lowest BCUT2D eigenvalue weighted by molar-refractivity contribution is -0.135. The predicted octanol–water partition coefficient (Wildman–Crippen LogP) is 2.28. The number of amides is 2. The van der Waals surface area contributed by atoms with E-state index in [9.17, 15) is 14.7 Å². The molecule has 1 aromatic carbocycles. The lowest BCUT2D eigenvalue weighted by Crippen LogP contribution is -2.57. The van der Waals surface area contributed by atoms with Gasteiger partial charge in [0.1, 0.15) is 30.2 Å². The summed E-state index contributed by atoms with van der Waals surface area (Å²) in [5, 5.41) is 16.7. The number of ether oxygens (including phenoxy) is 1. The summed E-state index contributed by atoms with van der Waals surface area (Å²) in [5.41, 5.74) is 3.82. The molecule has 0 saturated carbocycles. The summed E-state index contributed by atoms with van der Waals surface area (Å²) < 4.78 is 11.2. The van der Waals surface area contributed by atoms with Gasteiger partial charge in [-0.25, -0.2) is 15.0 Å². The Morgan fingerprint density at radius 2 is 2.05 bits per heavy atom. The van der Waals surface area contributed by atoms with Crippen molar-refractivity contribution in [2.24, 2.45) is 5.92 Å². The van der Waals surface area contributed by atoms with E-state index in [2.05, 4.69) is 43.5 Å². The fourth-order valence-electron chi connectivity index (χ4n) is 5.34. The van der Waals surface area contributed by atoms with Crippen molar-refractivity contribution in [3.05, 3.63) is 65.3 Å². The number of rotatable bonds is 12. The SMILES string of the molecule is Cc1c(OCc2cnco2)ccc2c1CCN(C[C@@H](O)CNC(=O)c1cc(NC3CN(C(=O)CC(C)C)C3)ncn1)C2.S. The fourth-order valence-corrected chi connectivity index (χ4v) is 5.34. The average Bonchev–Trinajstić information content (AvgIpc) is 3.46. The number of benzene rings is 1. The van der Waals surface area contributed by atoms with Gasteiger partial charge >= 0.3 is 0 Å². The summed E-state index contributed by atoms with van der Waals surface area (Å²) in [6.45, 7) is 9.75. The molecule has 2 aliphatic heterocycles. The van der Waals surface area contributed by atoms with Crippen LogP contribution in [-0.2, 0) is 24.4 Å². The third-order valence-electron chi connectivity index (χ3n) is 7.61. The van der Waals surface area contributed by atoms with Crippen LogP contribution in [-0.4, -0.2) is 86.5 Å². The number of aliphatic hydroxyl groups excluding tert-OH is 1. The molecule has 2 aromatic heterocycles. The molecule has 232 valence electrons. The van der Waals surface area contributed by atoms with Crippen molar-refractivity contribution >= 4 is 31.1 Å². The molecule has 2 amide bonds. The highest BCUT2D eigenvalue weighted by Gasteiger charge is 2.31. The highest BCUT2D eigenvalue weighted by atomic mass is 32.1. The van der Waals surface area contributed by atoms with E-state index in [4.69, 9.17) is 9.15 Å². The molecule has 1 saturated heterocycles. The number of hydrogen-bond acceptors (Lipinski definition) is 10. The maximum atomic E-state index is 12.7. The Hall–Kier alpha value is -3.68. The zero-order valence-corrected chi connectivity index (χ0v) is 25.9. The Morgan fingerprint density at radius 1 is 1.23 bits per heavy atom. The third kappa shape index (κ3) is 8.46. The average molecular weight is 612 g/mol. The molecule has 13 heteroatoms. The Labute approximate surface area is 258 Å². The standard InChI is InChI=1S/C30H39N7O5.H2S/c1-19(2)8-29(39)37-13-22(14-37)35-28-9-26(33-17-34-28)30(40)32-10-23(38)15-36-7-6-25-20(3)27(5-4-21(25)12-36)41-16-24-11-31-18-42-24;/h4-5,9,11,17-19,22-23,38H,6-8,10,12-16H2,1-3H3,(H,32,40)(H,33,34,35);1H2/t23-;/m0./s1. The van der Waals surface area contributed by atoms with Crippen LogP contribution in [0.25, 0.3) is 0 Å². The minimum atomic E-state index is -0.732. The van der Waals surface area contributed by atoms with Gasteiger partial charge in [0.2, 0.25) is 5.91 Å². The summed E-state index contributed by atoms with van der Waals surface area (Å²) in [6.07, 6.45) is 5.03. The molecular weight excluding hydrogens is 570 g/mol. The van der Waals surface area contributed by atoms with Crippen LogP contribution in [0.4, 0.5) is 5.82 Å². The molecule has 3 N–H and O–H groups in total. The number of fused-ring (bicyclic) bond motifs is 1. The molecule has 4 heterocycles. The van der Waals surface area contributed by atoms with Gasteiger partial charge in [-0.05, 0) is 42.0 Å². The van der Waals surface area contributed by atoms with Crippen LogP contribution < -0.4 is 15.4 Å². The number of oxazole rings is 1. The van der Waals surface area contributed by atoms with Crippen LogP contribution >= 0.6 is 13.5 Å². The molecule has 12 nitrogen and oxygen atoms in total. The van der Waals surface area contributed by atoms with Gasteiger partial charge in [0, 0.05) is 51.8 Å². The van der Waals surface area contributed by atoms with E-state index in [0.29, 0.717) is 56.7 Å². The van der Waals surface area contributed by atoms with Gasteiger partial charge in [-0.15, -0.1) is 0 Å². The predicted molar refractivity (Wildman–Crippen MR) is 165 cm³/mol. The Bertz CT molecular complexity index is 1380. The molecule has 1 atom stereocenters. The molecule has 0 spiro atoms. The monoisotopic (exact) mass is 611 g/mol. The van der Waals surface area contributed by atoms with E-state index in [1.165, 1.54) is 23.8 Å². The maximum absolute atomic E-state index is 12.7. The van der Waals surface area contributed by atoms with Gasteiger partial charge in [0.05, 0.1) is 18.3 Å². The second kappa shape index (κ2) is 14.7. The summed E-state index contributed by atoms with van der Waals surface area (Å²) >= 11 is 0. The van der Waals surface area contributed by atoms with Crippen LogP contribution in [0.3, 0.4) is 0 Å². The normalized spacial score (nSPS) is 15.7. The minimum absolute atomic E-state index is 0. The van der Waals surface area contributed by atoms with Gasteiger partial charge in [-0.3, -0.25) is 14.5 Å². The highest BCUT2D eigenvalue weighted by Crippen LogP contribution is 2.30. The lowest BCUT2D eigenvalue weighted by atomic mass is 9.94. The maximum Gasteiger partial charge on any atom is 0.270 e. The van der Waals surface area contributed by atoms with Gasteiger partial charge in [-0.2, -0.15) is 13.5 Å². The summed E-state index contributed by atoms with van der Waals surface area (Å²) in [5.74, 6) is 2.15. The number of aromatic nitrogens is 3. The van der Waals surface area contributed by atoms with Crippen LogP contribution in [0.1, 0.15) is 53.2 Å². The summed E-state index contributed by atoms with van der Waals surface area (Å²) in [7, 11) is 0. The fraction of sp³-hybridized carbons (Fsp3) is 0.500. The van der Waals surface area contributed by atoms with Crippen molar-refractivity contribution in [1.82, 2.24) is 30.1 Å². The number of likely N-dealkylation sites (tertiary alicyclic amines) is 1. The molecule has 2 aliphatic rings. The number of hydrogen-bond donors (Lipinski definition) is 3. The smallest absolute Gasteiger partial charge is 0.270 e. The number of anilines is 1. The first kappa shape index (κ1) is 32.2. The molecule has 0 aliphatic carbocycles. The zero-order chi connectivity index (χ0) is 29.6. The Morgan fingerprint density at radius 3 is 2.79 bits per heavy atom. The Balaban J connectivity index is 0.00000423. The molecule has 1 fully saturated rings. The van der Waals surface area contributed by atoms with Crippen LogP contribution in [0, 0.1) is 12.8 Å². The number of β-amino-alcohol motifs (C(OH)–C–C–N with tert-alkyl or cyclic N) is 1. The van der Waals surface area contributed by atoms with E-state index in [1.54, 1.807) is 12.3 Å². The van der Waals surface area contributed by atoms with E-state index in [0.717, 1.165) is 24.3 Å². The quantitative estimate of drug-likeness (QED) is 0.279. The van der Waals surface area contributed by atoms with E-state index >= 15 is 0 Å². The topological polar surface area (TPSA) is 146 Å². The van der Waals surface area contributed by atoms with Crippen molar-refractivity contribution in [3.63, 3.8) is 0 Å². The van der Waals surface area contributed by atoms with Gasteiger partial charge in [0.25, 0.3) is 5.91 Å². The first-order chi connectivity index (χ1) is 20.2. The lowest BCUT2D eigenvalue weighted by Gasteiger charge is -2.40. The summed E-state index contributed by atoms with van der Waals surface area (Å²) in [4.78, 5) is 41.1. The van der Waals surface area contributed by atoms with Gasteiger partial charge in [0.15, 0.2) is 12.2 Å². The van der Waals surface area contributed by atoms with Crippen molar-refractivity contribution in [3.8, 4) is 5.75 Å². The van der Waals surface area contributed by atoms with E-state index < -0.39 is 6.10 Å².